The van der Waals surface area contributed by atoms with Crippen LogP contribution >= 0.6 is 0 Å². The van der Waals surface area contributed by atoms with Crippen molar-refractivity contribution in [2.24, 2.45) is 0 Å². The van der Waals surface area contributed by atoms with Crippen LogP contribution in [-0.2, 0) is 27.1 Å². The van der Waals surface area contributed by atoms with Gasteiger partial charge in [-0.25, -0.2) is 0 Å². The maximum absolute atomic E-state index is 6.94. The molecule has 9 aromatic rings. The van der Waals surface area contributed by atoms with Gasteiger partial charge >= 0.3 is 0 Å². The van der Waals surface area contributed by atoms with Gasteiger partial charge in [0.05, 0.1) is 22.3 Å². The summed E-state index contributed by atoms with van der Waals surface area (Å²) in [5, 5.41) is 2.28. The molecule has 2 unspecified atom stereocenters. The van der Waals surface area contributed by atoms with Crippen molar-refractivity contribution in [1.29, 1.82) is 0 Å². The van der Waals surface area contributed by atoms with Crippen LogP contribution in [-0.4, -0.2) is 12.3 Å². The van der Waals surface area contributed by atoms with Crippen LogP contribution in [0.25, 0.3) is 33.1 Å². The molecular formula is C72H76BN3O. The summed E-state index contributed by atoms with van der Waals surface area (Å²) in [6.07, 6.45) is 4.69. The van der Waals surface area contributed by atoms with Gasteiger partial charge < -0.3 is 19.1 Å². The van der Waals surface area contributed by atoms with Crippen molar-refractivity contribution < 1.29 is 4.42 Å². The van der Waals surface area contributed by atoms with Crippen LogP contribution in [0, 0.1) is 0 Å². The molecule has 3 aliphatic heterocycles. The summed E-state index contributed by atoms with van der Waals surface area (Å²) in [5.41, 5.74) is 24.4. The van der Waals surface area contributed by atoms with Gasteiger partial charge in [-0.1, -0.05) is 200 Å². The minimum Gasteiger partial charge on any atom is -0.456 e. The molecule has 1 aliphatic carbocycles. The van der Waals surface area contributed by atoms with Crippen LogP contribution in [0.2, 0.25) is 0 Å². The molecule has 0 saturated heterocycles. The fraction of sp³-hybridized carbons (Fsp3) is 0.333. The first-order valence-electron chi connectivity index (χ1n) is 28.6. The SMILES string of the molecule is CC(C)(C)c1ccc(N2c3ccc(C(C)(C)C)cc3B3c4ccc5oc6ccccc6c5c4N(c4ccc(C(C)(C)C)cc4-c4ccccc4)c4cc(N5c6ccc(C(C)(C)C)cc6C6(C)CCCCC56C)cc2c43)cc1. The van der Waals surface area contributed by atoms with Crippen molar-refractivity contribution in [2.45, 2.75) is 155 Å². The van der Waals surface area contributed by atoms with Crippen molar-refractivity contribution in [1.82, 2.24) is 0 Å². The Kier molecular flexibility index (Phi) is 10.8. The van der Waals surface area contributed by atoms with Crippen LogP contribution in [0.1, 0.15) is 150 Å². The van der Waals surface area contributed by atoms with Crippen LogP contribution in [0.3, 0.4) is 0 Å². The number of para-hydroxylation sites is 1. The van der Waals surface area contributed by atoms with E-state index in [0.717, 1.165) is 40.5 Å². The van der Waals surface area contributed by atoms with E-state index in [1.807, 2.05) is 0 Å². The zero-order valence-corrected chi connectivity index (χ0v) is 48.2. The zero-order chi connectivity index (χ0) is 53.9. The van der Waals surface area contributed by atoms with E-state index in [9.17, 15) is 0 Å². The van der Waals surface area contributed by atoms with E-state index in [1.165, 1.54) is 108 Å². The van der Waals surface area contributed by atoms with Crippen LogP contribution in [0.4, 0.5) is 45.5 Å². The molecule has 4 nitrogen and oxygen atoms in total. The van der Waals surface area contributed by atoms with Crippen LogP contribution in [0.15, 0.2) is 162 Å². The van der Waals surface area contributed by atoms with Gasteiger partial charge in [-0.3, -0.25) is 0 Å². The number of fused-ring (bicyclic) bond motifs is 11. The molecule has 0 bridgehead atoms. The van der Waals surface area contributed by atoms with E-state index < -0.39 is 0 Å². The molecule has 13 rings (SSSR count). The Bertz CT molecular complexity index is 3860. The summed E-state index contributed by atoms with van der Waals surface area (Å²) in [6, 6.07) is 61.4. The smallest absolute Gasteiger partial charge is 0.252 e. The van der Waals surface area contributed by atoms with Gasteiger partial charge in [-0.15, -0.1) is 0 Å². The largest absolute Gasteiger partial charge is 0.456 e. The number of anilines is 8. The molecule has 0 spiro atoms. The Morgan fingerprint density at radius 2 is 1.03 bits per heavy atom. The van der Waals surface area contributed by atoms with Crippen molar-refractivity contribution in [2.75, 3.05) is 14.7 Å². The lowest BCUT2D eigenvalue weighted by Crippen LogP contribution is -2.61. The Morgan fingerprint density at radius 1 is 0.455 bits per heavy atom. The third-order valence-electron chi connectivity index (χ3n) is 18.8. The maximum atomic E-state index is 6.94. The normalized spacial score (nSPS) is 19.1. The number of furan rings is 1. The highest BCUT2D eigenvalue weighted by molar-refractivity contribution is 7.00. The average Bonchev–Trinajstić information content (AvgIpc) is 4.02. The van der Waals surface area contributed by atoms with Crippen LogP contribution < -0.4 is 31.1 Å². The van der Waals surface area contributed by atoms with E-state index in [-0.39, 0.29) is 39.3 Å². The summed E-state index contributed by atoms with van der Waals surface area (Å²) < 4.78 is 6.94. The first-order valence-corrected chi connectivity index (χ1v) is 28.6. The van der Waals surface area contributed by atoms with E-state index >= 15 is 0 Å². The lowest BCUT2D eigenvalue weighted by atomic mass is 9.33. The number of hydrogen-bond acceptors (Lipinski definition) is 4. The highest BCUT2D eigenvalue weighted by Gasteiger charge is 2.58. The highest BCUT2D eigenvalue weighted by atomic mass is 16.3. The lowest BCUT2D eigenvalue weighted by molar-refractivity contribution is 0.195. The fourth-order valence-electron chi connectivity index (χ4n) is 14.2. The van der Waals surface area contributed by atoms with Crippen molar-refractivity contribution in [3.63, 3.8) is 0 Å². The summed E-state index contributed by atoms with van der Waals surface area (Å²) in [7, 11) is 0. The van der Waals surface area contributed by atoms with Gasteiger partial charge in [-0.05, 0) is 152 Å². The topological polar surface area (TPSA) is 22.9 Å². The first kappa shape index (κ1) is 49.6. The van der Waals surface area contributed by atoms with Crippen molar-refractivity contribution in [3.05, 3.63) is 186 Å². The molecule has 1 saturated carbocycles. The molecule has 0 radical (unpaired) electrons. The first-order chi connectivity index (χ1) is 36.5. The fourth-order valence-corrected chi connectivity index (χ4v) is 14.2. The number of hydrogen-bond donors (Lipinski definition) is 0. The summed E-state index contributed by atoms with van der Waals surface area (Å²) in [5.74, 6) is 0. The van der Waals surface area contributed by atoms with E-state index in [4.69, 9.17) is 4.42 Å². The minimum atomic E-state index is -0.188. The molecule has 1 aromatic heterocycles. The predicted octanol–water partition coefficient (Wildman–Crippen LogP) is 18.3. The average molecular weight is 1010 g/mol. The van der Waals surface area contributed by atoms with Gasteiger partial charge in [0, 0.05) is 50.5 Å². The monoisotopic (exact) mass is 1010 g/mol. The Morgan fingerprint density at radius 3 is 1.70 bits per heavy atom. The second-order valence-electron chi connectivity index (χ2n) is 27.8. The summed E-state index contributed by atoms with van der Waals surface area (Å²) >= 11 is 0. The number of benzene rings is 8. The second kappa shape index (κ2) is 16.8. The molecule has 77 heavy (non-hydrogen) atoms. The molecule has 0 amide bonds. The van der Waals surface area contributed by atoms with Crippen molar-refractivity contribution >= 4 is 90.5 Å². The van der Waals surface area contributed by atoms with Gasteiger partial charge in [0.1, 0.15) is 11.2 Å². The molecule has 0 N–H and O–H groups in total. The van der Waals surface area contributed by atoms with E-state index in [2.05, 4.69) is 269 Å². The molecule has 1 fully saturated rings. The Hall–Kier alpha value is -6.98. The second-order valence-corrected chi connectivity index (χ2v) is 27.8. The lowest BCUT2D eigenvalue weighted by Gasteiger charge is -2.51. The number of rotatable bonds is 4. The Labute approximate surface area is 459 Å². The molecule has 2 atom stereocenters. The Balaban J connectivity index is 1.21. The molecule has 4 aliphatic rings. The molecular weight excluding hydrogens is 934 g/mol. The predicted molar refractivity (Wildman–Crippen MR) is 331 cm³/mol. The third-order valence-corrected chi connectivity index (χ3v) is 18.8. The van der Waals surface area contributed by atoms with Gasteiger partial charge in [0.25, 0.3) is 6.71 Å². The molecule has 8 aromatic carbocycles. The maximum Gasteiger partial charge on any atom is 0.252 e. The zero-order valence-electron chi connectivity index (χ0n) is 48.2. The minimum absolute atomic E-state index is 0.00795. The molecule has 4 heterocycles. The van der Waals surface area contributed by atoms with Gasteiger partial charge in [0.2, 0.25) is 0 Å². The molecule has 388 valence electrons. The standard InChI is InChI=1S/C72H76BN3O/c1-67(2,3)46-26-31-50(32-27-46)74-59-36-30-49(70(10,11)12)42-56(59)73-55-33-37-63-64(52-24-18-19-25-62(52)77-63)66(55)75(57-34-28-47(68(4,5)6)40-53(57)45-22-16-15-17-23-45)61-44-51(43-60(74)65(61)73)76-58-35-29-48(69(7,8)9)41-54(58)71(13)38-20-21-39-72(71,76)14/h15-19,22-37,40-44H,20-21,38-39H2,1-14H3. The number of nitrogens with zero attached hydrogens (tertiary/aromatic N) is 3. The summed E-state index contributed by atoms with van der Waals surface area (Å²) in [4.78, 5) is 8.14. The van der Waals surface area contributed by atoms with Crippen molar-refractivity contribution in [3.8, 4) is 11.1 Å². The van der Waals surface area contributed by atoms with Gasteiger partial charge in [-0.2, -0.15) is 0 Å². The molecule has 5 heteroatoms. The third kappa shape index (κ3) is 7.45. The van der Waals surface area contributed by atoms with E-state index in [0.29, 0.717) is 0 Å². The van der Waals surface area contributed by atoms with Gasteiger partial charge in [0.15, 0.2) is 0 Å². The van der Waals surface area contributed by atoms with Crippen LogP contribution in [0.5, 0.6) is 0 Å². The summed E-state index contributed by atoms with van der Waals surface area (Å²) in [6.45, 7) is 33.2. The quantitative estimate of drug-likeness (QED) is 0.164. The highest BCUT2D eigenvalue weighted by Crippen LogP contribution is 2.62. The van der Waals surface area contributed by atoms with E-state index in [1.54, 1.807) is 0 Å².